The van der Waals surface area contributed by atoms with E-state index < -0.39 is 0 Å². The van der Waals surface area contributed by atoms with Crippen molar-refractivity contribution in [3.05, 3.63) is 54.5 Å². The fourth-order valence-electron chi connectivity index (χ4n) is 3.14. The third kappa shape index (κ3) is 6.54. The van der Waals surface area contributed by atoms with Crippen LogP contribution < -0.4 is 10.1 Å². The van der Waals surface area contributed by atoms with Gasteiger partial charge in [0.1, 0.15) is 17.6 Å². The van der Waals surface area contributed by atoms with Crippen molar-refractivity contribution in [1.29, 1.82) is 0 Å². The molecule has 0 saturated carbocycles. The molecule has 2 heterocycles. The largest absolute Gasteiger partial charge is 0.490 e. The number of rotatable bonds is 8. The average Bonchev–Trinajstić information content (AvgIpc) is 3.22. The molecule has 6 heteroatoms. The molecule has 1 aromatic heterocycles. The van der Waals surface area contributed by atoms with Gasteiger partial charge in [-0.1, -0.05) is 18.2 Å². The van der Waals surface area contributed by atoms with Crippen LogP contribution in [0, 0.1) is 0 Å². The Hall–Kier alpha value is -2.08. The second kappa shape index (κ2) is 10.9. The zero-order valence-corrected chi connectivity index (χ0v) is 16.8. The van der Waals surface area contributed by atoms with Gasteiger partial charge in [0.2, 0.25) is 0 Å². The summed E-state index contributed by atoms with van der Waals surface area (Å²) < 4.78 is 11.5. The molecule has 1 aliphatic rings. The maximum Gasteiger partial charge on any atom is 0.193 e. The van der Waals surface area contributed by atoms with Crippen molar-refractivity contribution < 1.29 is 9.15 Å². The number of aliphatic imine (C=N–C) groups is 1. The minimum absolute atomic E-state index is 0.277. The van der Waals surface area contributed by atoms with Crippen molar-refractivity contribution in [3.8, 4) is 5.75 Å². The molecule has 0 amide bonds. The number of nitrogens with zero attached hydrogens (tertiary/aromatic N) is 2. The van der Waals surface area contributed by atoms with Crippen molar-refractivity contribution in [2.75, 3.05) is 38.2 Å². The van der Waals surface area contributed by atoms with Crippen LogP contribution in [-0.2, 0) is 6.42 Å². The van der Waals surface area contributed by atoms with E-state index in [0.29, 0.717) is 0 Å². The Morgan fingerprint density at radius 1 is 1.22 bits per heavy atom. The monoisotopic (exact) mass is 387 g/mol. The first-order valence-corrected chi connectivity index (χ1v) is 11.0. The maximum atomic E-state index is 6.11. The van der Waals surface area contributed by atoms with Gasteiger partial charge in [-0.3, -0.25) is 4.99 Å². The number of piperidine rings is 1. The van der Waals surface area contributed by atoms with E-state index in [9.17, 15) is 0 Å². The molecule has 1 aromatic carbocycles. The maximum absolute atomic E-state index is 6.11. The Bertz CT molecular complexity index is 668. The Balaban J connectivity index is 1.49. The van der Waals surface area contributed by atoms with Crippen molar-refractivity contribution in [3.63, 3.8) is 0 Å². The number of likely N-dealkylation sites (tertiary alicyclic amines) is 1. The highest BCUT2D eigenvalue weighted by atomic mass is 32.2. The molecule has 1 N–H and O–H groups in total. The Labute approximate surface area is 166 Å². The quantitative estimate of drug-likeness (QED) is 0.425. The fraction of sp³-hybridized carbons (Fsp3) is 0.476. The van der Waals surface area contributed by atoms with Gasteiger partial charge in [0, 0.05) is 44.6 Å². The van der Waals surface area contributed by atoms with E-state index in [1.807, 2.05) is 54.2 Å². The van der Waals surface area contributed by atoms with E-state index in [4.69, 9.17) is 14.1 Å². The van der Waals surface area contributed by atoms with Crippen LogP contribution in [0.3, 0.4) is 0 Å². The molecule has 0 radical (unpaired) electrons. The fourth-order valence-corrected chi connectivity index (χ4v) is 3.41. The zero-order valence-electron chi connectivity index (χ0n) is 16.0. The summed E-state index contributed by atoms with van der Waals surface area (Å²) in [6.45, 7) is 3.59. The second-order valence-corrected chi connectivity index (χ2v) is 7.56. The van der Waals surface area contributed by atoms with E-state index in [1.165, 1.54) is 0 Å². The Kier molecular flexibility index (Phi) is 7.96. The van der Waals surface area contributed by atoms with Gasteiger partial charge >= 0.3 is 0 Å². The molecule has 3 rings (SSSR count). The highest BCUT2D eigenvalue weighted by molar-refractivity contribution is 7.98. The summed E-state index contributed by atoms with van der Waals surface area (Å²) in [6, 6.07) is 14.0. The lowest BCUT2D eigenvalue weighted by atomic mass is 10.1. The number of furan rings is 1. The van der Waals surface area contributed by atoms with Crippen molar-refractivity contribution >= 4 is 17.7 Å². The molecular formula is C21H29N3O2S. The number of hydrogen-bond donors (Lipinski definition) is 1. The first-order valence-electron chi connectivity index (χ1n) is 9.61. The van der Waals surface area contributed by atoms with Crippen LogP contribution in [0.15, 0.2) is 58.1 Å². The summed E-state index contributed by atoms with van der Waals surface area (Å²) in [7, 11) is 0. The first kappa shape index (κ1) is 19.7. The summed E-state index contributed by atoms with van der Waals surface area (Å²) in [4.78, 5) is 7.16. The van der Waals surface area contributed by atoms with E-state index in [2.05, 4.69) is 16.5 Å². The van der Waals surface area contributed by atoms with E-state index in [1.54, 1.807) is 6.26 Å². The van der Waals surface area contributed by atoms with Crippen LogP contribution in [0.25, 0.3) is 0 Å². The molecule has 1 aliphatic heterocycles. The van der Waals surface area contributed by atoms with E-state index in [0.717, 1.165) is 68.7 Å². The van der Waals surface area contributed by atoms with Crippen LogP contribution in [0.4, 0.5) is 0 Å². The number of ether oxygens (including phenoxy) is 1. The van der Waals surface area contributed by atoms with Gasteiger partial charge in [-0.25, -0.2) is 0 Å². The molecule has 0 spiro atoms. The molecule has 0 bridgehead atoms. The Morgan fingerprint density at radius 3 is 2.74 bits per heavy atom. The van der Waals surface area contributed by atoms with Gasteiger partial charge in [-0.15, -0.1) is 0 Å². The lowest BCUT2D eigenvalue weighted by Crippen LogP contribution is -2.48. The smallest absolute Gasteiger partial charge is 0.193 e. The second-order valence-electron chi connectivity index (χ2n) is 6.57. The molecule has 27 heavy (non-hydrogen) atoms. The SMILES string of the molecule is CSCCN=C(NCCc1ccco1)N1CCC(Oc2ccccc2)CC1. The van der Waals surface area contributed by atoms with Gasteiger partial charge < -0.3 is 19.4 Å². The topological polar surface area (TPSA) is 50.0 Å². The van der Waals surface area contributed by atoms with Crippen LogP contribution in [0.1, 0.15) is 18.6 Å². The lowest BCUT2D eigenvalue weighted by molar-refractivity contribution is 0.129. The van der Waals surface area contributed by atoms with Crippen LogP contribution in [0.2, 0.25) is 0 Å². The molecule has 1 fully saturated rings. The predicted molar refractivity (Wildman–Crippen MR) is 113 cm³/mol. The number of hydrogen-bond acceptors (Lipinski definition) is 4. The molecule has 146 valence electrons. The van der Waals surface area contributed by atoms with Crippen molar-refractivity contribution in [2.24, 2.45) is 4.99 Å². The average molecular weight is 388 g/mol. The molecule has 0 aliphatic carbocycles. The minimum atomic E-state index is 0.277. The number of nitrogens with one attached hydrogen (secondary N) is 1. The normalized spacial score (nSPS) is 15.7. The van der Waals surface area contributed by atoms with E-state index in [-0.39, 0.29) is 6.10 Å². The van der Waals surface area contributed by atoms with Gasteiger partial charge in [0.15, 0.2) is 5.96 Å². The summed E-state index contributed by atoms with van der Waals surface area (Å²) in [5.74, 6) is 4.01. The predicted octanol–water partition coefficient (Wildman–Crippen LogP) is 3.67. The van der Waals surface area contributed by atoms with Crippen molar-refractivity contribution in [2.45, 2.75) is 25.4 Å². The summed E-state index contributed by atoms with van der Waals surface area (Å²) in [5.41, 5.74) is 0. The first-order chi connectivity index (χ1) is 13.3. The standard InChI is InChI=1S/C21H29N3O2S/c1-27-17-13-23-21(22-12-9-18-8-5-16-25-18)24-14-10-20(11-15-24)26-19-6-3-2-4-7-19/h2-8,16,20H,9-15,17H2,1H3,(H,22,23). The minimum Gasteiger partial charge on any atom is -0.490 e. The molecular weight excluding hydrogens is 358 g/mol. The molecule has 1 saturated heterocycles. The third-order valence-corrected chi connectivity index (χ3v) is 5.17. The lowest BCUT2D eigenvalue weighted by Gasteiger charge is -2.34. The highest BCUT2D eigenvalue weighted by Crippen LogP contribution is 2.18. The molecule has 0 atom stereocenters. The van der Waals surface area contributed by atoms with E-state index >= 15 is 0 Å². The van der Waals surface area contributed by atoms with Crippen molar-refractivity contribution in [1.82, 2.24) is 10.2 Å². The van der Waals surface area contributed by atoms with Gasteiger partial charge in [-0.05, 0) is 30.5 Å². The number of para-hydroxylation sites is 1. The van der Waals surface area contributed by atoms with Gasteiger partial charge in [0.25, 0.3) is 0 Å². The summed E-state index contributed by atoms with van der Waals surface area (Å²) >= 11 is 1.83. The Morgan fingerprint density at radius 2 is 2.04 bits per heavy atom. The third-order valence-electron chi connectivity index (χ3n) is 4.58. The van der Waals surface area contributed by atoms with Crippen LogP contribution >= 0.6 is 11.8 Å². The summed E-state index contributed by atoms with van der Waals surface area (Å²) in [5, 5.41) is 3.52. The molecule has 0 unspecified atom stereocenters. The summed E-state index contributed by atoms with van der Waals surface area (Å²) in [6.07, 6.45) is 7.00. The number of thioether (sulfide) groups is 1. The van der Waals surface area contributed by atoms with Crippen LogP contribution in [-0.4, -0.2) is 55.2 Å². The number of benzene rings is 1. The molecule has 5 nitrogen and oxygen atoms in total. The zero-order chi connectivity index (χ0) is 18.7. The van der Waals surface area contributed by atoms with Crippen LogP contribution in [0.5, 0.6) is 5.75 Å². The van der Waals surface area contributed by atoms with Gasteiger partial charge in [0.05, 0.1) is 12.8 Å². The highest BCUT2D eigenvalue weighted by Gasteiger charge is 2.22. The number of guanidine groups is 1. The molecule has 2 aromatic rings. The van der Waals surface area contributed by atoms with Gasteiger partial charge in [-0.2, -0.15) is 11.8 Å².